The fourth-order valence-electron chi connectivity index (χ4n) is 0.958. The van der Waals surface area contributed by atoms with Crippen molar-refractivity contribution in [1.82, 2.24) is 15.3 Å². The summed E-state index contributed by atoms with van der Waals surface area (Å²) >= 11 is 0. The lowest BCUT2D eigenvalue weighted by molar-refractivity contribution is 0.697. The van der Waals surface area contributed by atoms with Crippen LogP contribution in [0.5, 0.6) is 0 Å². The van der Waals surface area contributed by atoms with Crippen molar-refractivity contribution >= 4 is 0 Å². The summed E-state index contributed by atoms with van der Waals surface area (Å²) in [5.74, 6) is 0.825. The Morgan fingerprint density at radius 3 is 2.92 bits per heavy atom. The molecule has 1 rings (SSSR count). The minimum absolute atomic E-state index is 0.489. The van der Waals surface area contributed by atoms with Gasteiger partial charge in [-0.2, -0.15) is 5.26 Å². The number of hydrogen-bond donors (Lipinski definition) is 2. The van der Waals surface area contributed by atoms with Gasteiger partial charge in [0.2, 0.25) is 0 Å². The number of aryl methyl sites for hydroxylation is 1. The van der Waals surface area contributed by atoms with Crippen LogP contribution in [0, 0.1) is 18.3 Å². The van der Waals surface area contributed by atoms with Gasteiger partial charge in [0.1, 0.15) is 11.9 Å². The molecule has 12 heavy (non-hydrogen) atoms. The third-order valence-corrected chi connectivity index (χ3v) is 1.58. The predicted octanol–water partition coefficient (Wildman–Crippen LogP) is 0.699. The van der Waals surface area contributed by atoms with Gasteiger partial charge >= 0.3 is 0 Å². The minimum Gasteiger partial charge on any atom is -0.344 e. The van der Waals surface area contributed by atoms with Crippen LogP contribution in [-0.4, -0.2) is 16.5 Å². The van der Waals surface area contributed by atoms with Gasteiger partial charge in [0.05, 0.1) is 6.54 Å². The van der Waals surface area contributed by atoms with Crippen molar-refractivity contribution < 1.29 is 0 Å². The molecule has 0 spiro atoms. The Labute approximate surface area is 71.6 Å². The van der Waals surface area contributed by atoms with Crippen molar-refractivity contribution in [3.8, 4) is 6.07 Å². The molecule has 64 valence electrons. The number of aromatic amines is 1. The van der Waals surface area contributed by atoms with E-state index in [9.17, 15) is 0 Å². The van der Waals surface area contributed by atoms with Gasteiger partial charge in [-0.3, -0.25) is 0 Å². The van der Waals surface area contributed by atoms with Gasteiger partial charge < -0.3 is 10.3 Å². The number of H-pyrrole nitrogens is 1. The zero-order valence-electron chi connectivity index (χ0n) is 7.31. The first kappa shape index (κ1) is 8.75. The molecule has 1 aromatic rings. The monoisotopic (exact) mass is 164 g/mol. The molecule has 0 atom stereocenters. The average Bonchev–Trinajstić information content (AvgIpc) is 2.43. The smallest absolute Gasteiger partial charge is 0.161 e. The largest absolute Gasteiger partial charge is 0.344 e. The molecule has 4 heteroatoms. The number of imidazole rings is 1. The third-order valence-electron chi connectivity index (χ3n) is 1.58. The normalized spacial score (nSPS) is 9.75. The van der Waals surface area contributed by atoms with E-state index in [2.05, 4.69) is 15.3 Å². The lowest BCUT2D eigenvalue weighted by atomic mass is 10.4. The van der Waals surface area contributed by atoms with E-state index >= 15 is 0 Å². The molecule has 1 aromatic heterocycles. The Morgan fingerprint density at radius 1 is 1.67 bits per heavy atom. The fraction of sp³-hybridized carbons (Fsp3) is 0.500. The van der Waals surface area contributed by atoms with Crippen LogP contribution < -0.4 is 5.32 Å². The molecule has 0 aliphatic heterocycles. The molecule has 2 N–H and O–H groups in total. The van der Waals surface area contributed by atoms with Gasteiger partial charge in [-0.25, -0.2) is 4.98 Å². The Balaban J connectivity index is 2.70. The van der Waals surface area contributed by atoms with Crippen molar-refractivity contribution in [2.75, 3.05) is 6.54 Å². The van der Waals surface area contributed by atoms with Crippen molar-refractivity contribution in [2.24, 2.45) is 0 Å². The topological polar surface area (TPSA) is 64.5 Å². The zero-order chi connectivity index (χ0) is 8.97. The molecule has 0 saturated heterocycles. The molecule has 0 aliphatic rings. The van der Waals surface area contributed by atoms with Gasteiger partial charge in [0, 0.05) is 5.69 Å². The number of rotatable bonds is 3. The molecular weight excluding hydrogens is 152 g/mol. The fourth-order valence-corrected chi connectivity index (χ4v) is 0.958. The van der Waals surface area contributed by atoms with Gasteiger partial charge in [0.15, 0.2) is 5.69 Å². The predicted molar refractivity (Wildman–Crippen MR) is 45.4 cm³/mol. The average molecular weight is 164 g/mol. The summed E-state index contributed by atoms with van der Waals surface area (Å²) in [5.41, 5.74) is 1.33. The molecule has 0 fully saturated rings. The van der Waals surface area contributed by atoms with Gasteiger partial charge in [-0.1, -0.05) is 6.92 Å². The Morgan fingerprint density at radius 2 is 2.42 bits per heavy atom. The first-order valence-corrected chi connectivity index (χ1v) is 3.94. The second kappa shape index (κ2) is 3.88. The highest BCUT2D eigenvalue weighted by atomic mass is 15.0. The molecule has 0 aliphatic carbocycles. The highest BCUT2D eigenvalue weighted by Gasteiger charge is 2.03. The minimum atomic E-state index is 0.489. The number of nitrogens with one attached hydrogen (secondary N) is 2. The van der Waals surface area contributed by atoms with Crippen LogP contribution in [0.3, 0.4) is 0 Å². The summed E-state index contributed by atoms with van der Waals surface area (Å²) in [4.78, 5) is 7.12. The van der Waals surface area contributed by atoms with Crippen LogP contribution in [-0.2, 0) is 6.54 Å². The third kappa shape index (κ3) is 1.83. The molecule has 0 amide bonds. The van der Waals surface area contributed by atoms with Crippen molar-refractivity contribution in [2.45, 2.75) is 20.4 Å². The molecule has 0 saturated carbocycles. The van der Waals surface area contributed by atoms with Crippen LogP contribution >= 0.6 is 0 Å². The van der Waals surface area contributed by atoms with Crippen molar-refractivity contribution in [3.63, 3.8) is 0 Å². The number of aromatic nitrogens is 2. The summed E-state index contributed by atoms with van der Waals surface area (Å²) in [6.07, 6.45) is 0. The molecule has 0 unspecified atom stereocenters. The van der Waals surface area contributed by atoms with E-state index in [1.54, 1.807) is 0 Å². The van der Waals surface area contributed by atoms with E-state index in [1.165, 1.54) is 0 Å². The van der Waals surface area contributed by atoms with Crippen LogP contribution in [0.15, 0.2) is 0 Å². The summed E-state index contributed by atoms with van der Waals surface area (Å²) in [5, 5.41) is 11.7. The summed E-state index contributed by atoms with van der Waals surface area (Å²) < 4.78 is 0. The maximum atomic E-state index is 8.60. The van der Waals surface area contributed by atoms with Crippen LogP contribution in [0.1, 0.15) is 24.1 Å². The van der Waals surface area contributed by atoms with Crippen molar-refractivity contribution in [1.29, 1.82) is 5.26 Å². The molecule has 0 aromatic carbocycles. The van der Waals surface area contributed by atoms with Gasteiger partial charge in [0.25, 0.3) is 0 Å². The Hall–Kier alpha value is -1.34. The van der Waals surface area contributed by atoms with E-state index in [0.29, 0.717) is 12.2 Å². The lowest BCUT2D eigenvalue weighted by Gasteiger charge is -1.94. The molecule has 0 bridgehead atoms. The van der Waals surface area contributed by atoms with Gasteiger partial charge in [-0.15, -0.1) is 0 Å². The maximum Gasteiger partial charge on any atom is 0.161 e. The zero-order valence-corrected chi connectivity index (χ0v) is 7.31. The van der Waals surface area contributed by atoms with Gasteiger partial charge in [-0.05, 0) is 13.5 Å². The van der Waals surface area contributed by atoms with Crippen LogP contribution in [0.2, 0.25) is 0 Å². The molecular formula is C8H12N4. The van der Waals surface area contributed by atoms with Crippen LogP contribution in [0.25, 0.3) is 0 Å². The van der Waals surface area contributed by atoms with E-state index in [0.717, 1.165) is 18.1 Å². The van der Waals surface area contributed by atoms with E-state index in [1.807, 2.05) is 19.9 Å². The SMILES string of the molecule is CCNCc1nc(C#N)c(C)[nH]1. The summed E-state index contributed by atoms with van der Waals surface area (Å²) in [7, 11) is 0. The summed E-state index contributed by atoms with van der Waals surface area (Å²) in [6, 6.07) is 2.02. The van der Waals surface area contributed by atoms with Crippen LogP contribution in [0.4, 0.5) is 0 Å². The maximum absolute atomic E-state index is 8.60. The first-order valence-electron chi connectivity index (χ1n) is 3.94. The molecule has 0 radical (unpaired) electrons. The number of nitrogens with zero attached hydrogens (tertiary/aromatic N) is 2. The second-order valence-electron chi connectivity index (χ2n) is 2.55. The number of nitriles is 1. The summed E-state index contributed by atoms with van der Waals surface area (Å²) in [6.45, 7) is 5.47. The number of hydrogen-bond acceptors (Lipinski definition) is 3. The van der Waals surface area contributed by atoms with E-state index in [-0.39, 0.29) is 0 Å². The van der Waals surface area contributed by atoms with Crippen molar-refractivity contribution in [3.05, 3.63) is 17.2 Å². The Bertz CT molecular complexity index is 294. The molecule has 1 heterocycles. The lowest BCUT2D eigenvalue weighted by Crippen LogP contribution is -2.12. The first-order chi connectivity index (χ1) is 5.77. The van der Waals surface area contributed by atoms with E-state index in [4.69, 9.17) is 5.26 Å². The van der Waals surface area contributed by atoms with E-state index < -0.39 is 0 Å². The second-order valence-corrected chi connectivity index (χ2v) is 2.55. The molecule has 4 nitrogen and oxygen atoms in total. The Kier molecular flexibility index (Phi) is 2.83. The standard InChI is InChI=1S/C8H12N4/c1-3-10-5-8-11-6(2)7(4-9)12-8/h10H,3,5H2,1-2H3,(H,11,12). The highest BCUT2D eigenvalue weighted by Crippen LogP contribution is 2.02. The quantitative estimate of drug-likeness (QED) is 0.691. The highest BCUT2D eigenvalue weighted by molar-refractivity contribution is 5.26.